The molecule has 1 aromatic heterocycles. The summed E-state index contributed by atoms with van der Waals surface area (Å²) in [6.07, 6.45) is 3.54. The predicted octanol–water partition coefficient (Wildman–Crippen LogP) is 5.12. The largest absolute Gasteiger partial charge is 0.493 e. The van der Waals surface area contributed by atoms with Gasteiger partial charge in [-0.05, 0) is 43.5 Å². The molecule has 9 nitrogen and oxygen atoms in total. The number of amides is 2. The topological polar surface area (TPSA) is 94.9 Å². The molecular formula is C32H34N4O5. The molecule has 1 aliphatic heterocycles. The molecule has 1 atom stereocenters. The maximum Gasteiger partial charge on any atom is 0.254 e. The Balaban J connectivity index is 1.45. The number of benzene rings is 3. The second kappa shape index (κ2) is 12.7. The Morgan fingerprint density at radius 1 is 1.02 bits per heavy atom. The normalized spacial score (nSPS) is 14.5. The lowest BCUT2D eigenvalue weighted by Gasteiger charge is -2.25. The second-order valence-electron chi connectivity index (χ2n) is 9.91. The van der Waals surface area contributed by atoms with Crippen LogP contribution in [0.1, 0.15) is 28.8 Å². The summed E-state index contributed by atoms with van der Waals surface area (Å²) in [5, 5.41) is 2.95. The number of imidazole rings is 1. The number of ether oxygens (including phenoxy) is 3. The van der Waals surface area contributed by atoms with Crippen LogP contribution in [0.15, 0.2) is 79.0 Å². The van der Waals surface area contributed by atoms with Crippen molar-refractivity contribution in [2.45, 2.75) is 25.9 Å². The van der Waals surface area contributed by atoms with E-state index >= 15 is 0 Å². The van der Waals surface area contributed by atoms with E-state index in [1.54, 1.807) is 35.8 Å². The van der Waals surface area contributed by atoms with Gasteiger partial charge in [-0.2, -0.15) is 0 Å². The Labute approximate surface area is 239 Å². The quantitative estimate of drug-likeness (QED) is 0.292. The third-order valence-electron chi connectivity index (χ3n) is 7.12. The summed E-state index contributed by atoms with van der Waals surface area (Å²) in [7, 11) is 3.15. The number of hydrogen-bond donors (Lipinski definition) is 1. The van der Waals surface area contributed by atoms with Crippen LogP contribution in [-0.4, -0.2) is 66.3 Å². The van der Waals surface area contributed by atoms with Crippen molar-refractivity contribution in [3.05, 3.63) is 90.1 Å². The minimum Gasteiger partial charge on any atom is -0.493 e. The Hall–Kier alpha value is -4.63. The number of hydrogen-bond acceptors (Lipinski definition) is 6. The summed E-state index contributed by atoms with van der Waals surface area (Å²) >= 11 is 0. The number of nitrogens with zero attached hydrogens (tertiary/aromatic N) is 3. The van der Waals surface area contributed by atoms with Crippen molar-refractivity contribution >= 4 is 17.8 Å². The SMILES string of the molecule is COc1ccc(-n2cc(-c3ccccc3)nc2NC(=O)CN(C[C@@H]2CCCO2)C(=O)c2ccccc2C)cc1OC. The highest BCUT2D eigenvalue weighted by Crippen LogP contribution is 2.32. The molecule has 1 fully saturated rings. The Bertz CT molecular complexity index is 1510. The fraction of sp³-hybridized carbons (Fsp3) is 0.281. The lowest BCUT2D eigenvalue weighted by atomic mass is 10.1. The lowest BCUT2D eigenvalue weighted by Crippen LogP contribution is -2.42. The number of rotatable bonds is 10. The average molecular weight is 555 g/mol. The molecule has 2 amide bonds. The molecule has 0 saturated carbocycles. The zero-order chi connectivity index (χ0) is 28.8. The lowest BCUT2D eigenvalue weighted by molar-refractivity contribution is -0.117. The minimum absolute atomic E-state index is 0.103. The van der Waals surface area contributed by atoms with Gasteiger partial charge in [0.05, 0.1) is 31.7 Å². The molecule has 0 unspecified atom stereocenters. The molecule has 0 spiro atoms. The van der Waals surface area contributed by atoms with Crippen LogP contribution in [0.4, 0.5) is 5.95 Å². The highest BCUT2D eigenvalue weighted by atomic mass is 16.5. The van der Waals surface area contributed by atoms with E-state index in [2.05, 4.69) is 5.32 Å². The van der Waals surface area contributed by atoms with Gasteiger partial charge in [-0.15, -0.1) is 0 Å². The van der Waals surface area contributed by atoms with Gasteiger partial charge in [0.2, 0.25) is 11.9 Å². The summed E-state index contributed by atoms with van der Waals surface area (Å²) in [6, 6.07) is 22.6. The van der Waals surface area contributed by atoms with Crippen molar-refractivity contribution in [2.24, 2.45) is 0 Å². The fourth-order valence-electron chi connectivity index (χ4n) is 4.96. The summed E-state index contributed by atoms with van der Waals surface area (Å²) in [5.74, 6) is 0.883. The maximum absolute atomic E-state index is 13.6. The highest BCUT2D eigenvalue weighted by molar-refractivity contribution is 6.00. The summed E-state index contributed by atoms with van der Waals surface area (Å²) < 4.78 is 18.5. The number of nitrogens with one attached hydrogen (secondary N) is 1. The zero-order valence-corrected chi connectivity index (χ0v) is 23.5. The minimum atomic E-state index is -0.364. The van der Waals surface area contributed by atoms with E-state index in [-0.39, 0.29) is 24.5 Å². The number of carbonyl (C=O) groups is 2. The maximum atomic E-state index is 13.6. The Kier molecular flexibility index (Phi) is 8.64. The van der Waals surface area contributed by atoms with Gasteiger partial charge in [-0.25, -0.2) is 4.98 Å². The third-order valence-corrected chi connectivity index (χ3v) is 7.12. The molecular weight excluding hydrogens is 520 g/mol. The Morgan fingerprint density at radius 2 is 1.78 bits per heavy atom. The standard InChI is InChI=1S/C32H34N4O5/c1-22-10-7-8-14-26(22)31(38)35(19-25-13-9-17-41-25)21-30(37)34-32-33-27(23-11-5-4-6-12-23)20-36(32)24-15-16-28(39-2)29(18-24)40-3/h4-8,10-12,14-16,18,20,25H,9,13,17,19,21H2,1-3H3,(H,33,34,37)/t25-/m0/s1. The van der Waals surface area contributed by atoms with Gasteiger partial charge in [-0.3, -0.25) is 19.5 Å². The molecule has 41 heavy (non-hydrogen) atoms. The van der Waals surface area contributed by atoms with Crippen molar-refractivity contribution < 1.29 is 23.8 Å². The molecule has 1 saturated heterocycles. The van der Waals surface area contributed by atoms with Crippen molar-refractivity contribution in [3.63, 3.8) is 0 Å². The summed E-state index contributed by atoms with van der Waals surface area (Å²) in [4.78, 5) is 33.4. The van der Waals surface area contributed by atoms with E-state index in [9.17, 15) is 9.59 Å². The molecule has 5 rings (SSSR count). The van der Waals surface area contributed by atoms with Gasteiger partial charge in [0, 0.05) is 36.5 Å². The van der Waals surface area contributed by atoms with Crippen molar-refractivity contribution in [3.8, 4) is 28.4 Å². The number of aromatic nitrogens is 2. The smallest absolute Gasteiger partial charge is 0.254 e. The first-order valence-corrected chi connectivity index (χ1v) is 13.6. The fourth-order valence-corrected chi connectivity index (χ4v) is 4.96. The molecule has 0 radical (unpaired) electrons. The first-order chi connectivity index (χ1) is 20.0. The zero-order valence-electron chi connectivity index (χ0n) is 23.5. The van der Waals surface area contributed by atoms with E-state index in [0.29, 0.717) is 41.9 Å². The number of anilines is 1. The van der Waals surface area contributed by atoms with Crippen LogP contribution in [0.5, 0.6) is 11.5 Å². The Morgan fingerprint density at radius 3 is 2.49 bits per heavy atom. The molecule has 0 bridgehead atoms. The van der Waals surface area contributed by atoms with Crippen LogP contribution in [0.25, 0.3) is 16.9 Å². The molecule has 1 N–H and O–H groups in total. The number of aryl methyl sites for hydroxylation is 1. The van der Waals surface area contributed by atoms with Gasteiger partial charge >= 0.3 is 0 Å². The van der Waals surface area contributed by atoms with E-state index in [4.69, 9.17) is 19.2 Å². The number of methoxy groups -OCH3 is 2. The molecule has 1 aliphatic rings. The third kappa shape index (κ3) is 6.41. The van der Waals surface area contributed by atoms with Crippen molar-refractivity contribution in [2.75, 3.05) is 39.2 Å². The van der Waals surface area contributed by atoms with E-state index < -0.39 is 0 Å². The van der Waals surface area contributed by atoms with Gasteiger partial charge in [0.25, 0.3) is 5.91 Å². The van der Waals surface area contributed by atoms with Crippen LogP contribution in [0.2, 0.25) is 0 Å². The van der Waals surface area contributed by atoms with Crippen LogP contribution >= 0.6 is 0 Å². The summed E-state index contributed by atoms with van der Waals surface area (Å²) in [6.45, 7) is 2.74. The van der Waals surface area contributed by atoms with Gasteiger partial charge in [0.15, 0.2) is 11.5 Å². The first kappa shape index (κ1) is 27.9. The van der Waals surface area contributed by atoms with E-state index in [1.807, 2.05) is 73.8 Å². The highest BCUT2D eigenvalue weighted by Gasteiger charge is 2.27. The molecule has 212 valence electrons. The molecule has 4 aromatic rings. The van der Waals surface area contributed by atoms with Gasteiger partial charge in [0.1, 0.15) is 6.54 Å². The van der Waals surface area contributed by atoms with Crippen LogP contribution in [0.3, 0.4) is 0 Å². The van der Waals surface area contributed by atoms with E-state index in [1.165, 1.54) is 0 Å². The molecule has 3 aromatic carbocycles. The van der Waals surface area contributed by atoms with Crippen LogP contribution < -0.4 is 14.8 Å². The summed E-state index contributed by atoms with van der Waals surface area (Å²) in [5.41, 5.74) is 3.72. The predicted molar refractivity (Wildman–Crippen MR) is 157 cm³/mol. The molecule has 9 heteroatoms. The van der Waals surface area contributed by atoms with Crippen molar-refractivity contribution in [1.82, 2.24) is 14.5 Å². The molecule has 2 heterocycles. The average Bonchev–Trinajstić information content (AvgIpc) is 3.67. The van der Waals surface area contributed by atoms with Crippen LogP contribution in [0, 0.1) is 6.92 Å². The second-order valence-corrected chi connectivity index (χ2v) is 9.91. The van der Waals surface area contributed by atoms with E-state index in [0.717, 1.165) is 29.7 Å². The monoisotopic (exact) mass is 554 g/mol. The molecule has 0 aliphatic carbocycles. The van der Waals surface area contributed by atoms with Gasteiger partial charge < -0.3 is 19.1 Å². The van der Waals surface area contributed by atoms with Gasteiger partial charge in [-0.1, -0.05) is 48.5 Å². The van der Waals surface area contributed by atoms with Crippen molar-refractivity contribution in [1.29, 1.82) is 0 Å². The number of carbonyl (C=O) groups excluding carboxylic acids is 2. The van der Waals surface area contributed by atoms with Crippen LogP contribution in [-0.2, 0) is 9.53 Å². The first-order valence-electron chi connectivity index (χ1n) is 13.6.